The summed E-state index contributed by atoms with van der Waals surface area (Å²) >= 11 is 0. The molecule has 0 unspecified atom stereocenters. The van der Waals surface area contributed by atoms with Crippen molar-refractivity contribution in [1.29, 1.82) is 0 Å². The van der Waals surface area contributed by atoms with Crippen molar-refractivity contribution >= 4 is 23.8 Å². The van der Waals surface area contributed by atoms with Gasteiger partial charge < -0.3 is 0 Å². The molecule has 0 atom stereocenters. The minimum atomic E-state index is -0.446. The van der Waals surface area contributed by atoms with Gasteiger partial charge in [0.25, 0.3) is 0 Å². The maximum absolute atomic E-state index is 2.23. The van der Waals surface area contributed by atoms with E-state index < -0.39 is 7.92 Å². The van der Waals surface area contributed by atoms with Gasteiger partial charge in [0.1, 0.15) is 0 Å². The van der Waals surface area contributed by atoms with Crippen molar-refractivity contribution in [3.8, 4) is 0 Å². The van der Waals surface area contributed by atoms with Gasteiger partial charge in [-0.3, -0.25) is 0 Å². The Labute approximate surface area is 134 Å². The molecule has 0 N–H and O–H groups in total. The van der Waals surface area contributed by atoms with Gasteiger partial charge in [0.15, 0.2) is 0 Å². The Balaban J connectivity index is 0.00000147. The molecule has 3 aromatic rings. The van der Waals surface area contributed by atoms with Gasteiger partial charge in [-0.2, -0.15) is 0 Å². The molecule has 0 aliphatic rings. The summed E-state index contributed by atoms with van der Waals surface area (Å²) in [7, 11) is -0.446. The summed E-state index contributed by atoms with van der Waals surface area (Å²) in [4.78, 5) is 0. The Morgan fingerprint density at radius 2 is 0.650 bits per heavy atom. The third-order valence-corrected chi connectivity index (χ3v) is 5.49. The summed E-state index contributed by atoms with van der Waals surface area (Å²) in [5.74, 6) is 0. The summed E-state index contributed by atoms with van der Waals surface area (Å²) in [6.07, 6.45) is 0. The minimum absolute atomic E-state index is 0. The van der Waals surface area contributed by atoms with Gasteiger partial charge in [-0.05, 0) is 23.8 Å². The summed E-state index contributed by atoms with van der Waals surface area (Å²) in [6.45, 7) is 0. The Morgan fingerprint density at radius 1 is 0.400 bits per heavy atom. The maximum Gasteiger partial charge on any atom is 3.00 e. The smallest absolute Gasteiger partial charge is 0.0622 e. The van der Waals surface area contributed by atoms with Gasteiger partial charge >= 0.3 is 19.5 Å². The van der Waals surface area contributed by atoms with Gasteiger partial charge in [-0.25, -0.2) is 0 Å². The summed E-state index contributed by atoms with van der Waals surface area (Å²) in [5, 5.41) is 4.19. The number of benzene rings is 3. The van der Waals surface area contributed by atoms with Crippen LogP contribution in [0.2, 0.25) is 0 Å². The van der Waals surface area contributed by atoms with Crippen LogP contribution < -0.4 is 15.9 Å². The Hall–Kier alpha value is -1.29. The van der Waals surface area contributed by atoms with Crippen molar-refractivity contribution in [2.45, 2.75) is 0 Å². The second-order valence-corrected chi connectivity index (χ2v) is 6.56. The van der Waals surface area contributed by atoms with Crippen LogP contribution in [0.15, 0.2) is 91.0 Å². The van der Waals surface area contributed by atoms with Crippen LogP contribution in [-0.4, -0.2) is 0 Å². The molecule has 0 radical (unpaired) electrons. The first-order chi connectivity index (χ1) is 9.45. The van der Waals surface area contributed by atoms with E-state index in [2.05, 4.69) is 91.0 Å². The molecule has 0 saturated carbocycles. The fourth-order valence-corrected chi connectivity index (χ4v) is 4.48. The number of hydrogen-bond donors (Lipinski definition) is 0. The molecule has 2 heteroatoms. The van der Waals surface area contributed by atoms with Crippen LogP contribution in [0.5, 0.6) is 0 Å². The summed E-state index contributed by atoms with van der Waals surface area (Å²) in [5.41, 5.74) is 0. The minimum Gasteiger partial charge on any atom is -0.0622 e. The molecule has 0 aliphatic carbocycles. The van der Waals surface area contributed by atoms with Crippen LogP contribution >= 0.6 is 7.92 Å². The van der Waals surface area contributed by atoms with E-state index in [1.807, 2.05) is 0 Å². The molecule has 98 valence electrons. The molecule has 0 amide bonds. The van der Waals surface area contributed by atoms with Gasteiger partial charge in [-0.1, -0.05) is 91.0 Å². The standard InChI is InChI=1S/C18H15P.Rh/c1-4-10-16(11-5-1)19(17-12-6-2-7-13-17)18-14-8-3-9-15-18;/h1-15H;/q;+3. The maximum atomic E-state index is 2.23. The molecule has 0 heterocycles. The van der Waals surface area contributed by atoms with E-state index in [1.165, 1.54) is 15.9 Å². The molecule has 3 rings (SSSR count). The monoisotopic (exact) mass is 365 g/mol. The first-order valence-corrected chi connectivity index (χ1v) is 7.74. The molecule has 0 aromatic heterocycles. The summed E-state index contributed by atoms with van der Waals surface area (Å²) < 4.78 is 0. The predicted octanol–water partition coefficient (Wildman–Crippen LogP) is 3.44. The van der Waals surface area contributed by atoms with Crippen LogP contribution in [-0.2, 0) is 19.5 Å². The quantitative estimate of drug-likeness (QED) is 0.493. The van der Waals surface area contributed by atoms with E-state index in [4.69, 9.17) is 0 Å². The van der Waals surface area contributed by atoms with Crippen molar-refractivity contribution in [3.05, 3.63) is 91.0 Å². The molecule has 0 aliphatic heterocycles. The fraction of sp³-hybridized carbons (Fsp3) is 0. The topological polar surface area (TPSA) is 0 Å². The molecule has 0 nitrogen and oxygen atoms in total. The van der Waals surface area contributed by atoms with Crippen molar-refractivity contribution in [2.75, 3.05) is 0 Å². The van der Waals surface area contributed by atoms with Gasteiger partial charge in [-0.15, -0.1) is 0 Å². The third-order valence-electron chi connectivity index (χ3n) is 3.04. The molecular weight excluding hydrogens is 350 g/mol. The SMILES string of the molecule is [Rh+3].c1ccc(P(c2ccccc2)c2ccccc2)cc1. The first-order valence-electron chi connectivity index (χ1n) is 6.40. The van der Waals surface area contributed by atoms with Crippen molar-refractivity contribution in [3.63, 3.8) is 0 Å². The van der Waals surface area contributed by atoms with Crippen LogP contribution in [0.4, 0.5) is 0 Å². The van der Waals surface area contributed by atoms with E-state index in [9.17, 15) is 0 Å². The second kappa shape index (κ2) is 7.48. The van der Waals surface area contributed by atoms with E-state index in [1.54, 1.807) is 0 Å². The fourth-order valence-electron chi connectivity index (χ4n) is 2.18. The number of hydrogen-bond acceptors (Lipinski definition) is 0. The normalized spacial score (nSPS) is 10.1. The predicted molar refractivity (Wildman–Crippen MR) is 85.1 cm³/mol. The Bertz CT molecular complexity index is 529. The first kappa shape index (κ1) is 15.1. The van der Waals surface area contributed by atoms with E-state index >= 15 is 0 Å². The van der Waals surface area contributed by atoms with E-state index in [0.717, 1.165) is 0 Å². The zero-order valence-electron chi connectivity index (χ0n) is 10.9. The van der Waals surface area contributed by atoms with E-state index in [0.29, 0.717) is 0 Å². The molecule has 3 aromatic carbocycles. The van der Waals surface area contributed by atoms with Crippen LogP contribution in [0.25, 0.3) is 0 Å². The number of rotatable bonds is 3. The van der Waals surface area contributed by atoms with Crippen molar-refractivity contribution < 1.29 is 19.5 Å². The van der Waals surface area contributed by atoms with Gasteiger partial charge in [0, 0.05) is 0 Å². The molecule has 0 saturated heterocycles. The van der Waals surface area contributed by atoms with E-state index in [-0.39, 0.29) is 19.5 Å². The van der Waals surface area contributed by atoms with Crippen LogP contribution in [0.3, 0.4) is 0 Å². The van der Waals surface area contributed by atoms with Gasteiger partial charge in [0.05, 0.1) is 0 Å². The van der Waals surface area contributed by atoms with Crippen molar-refractivity contribution in [2.24, 2.45) is 0 Å². The van der Waals surface area contributed by atoms with Gasteiger partial charge in [0.2, 0.25) is 0 Å². The third kappa shape index (κ3) is 3.42. The Kier molecular flexibility index (Phi) is 5.65. The average molecular weight is 365 g/mol. The molecule has 0 spiro atoms. The zero-order valence-corrected chi connectivity index (χ0v) is 13.5. The Morgan fingerprint density at radius 3 is 0.900 bits per heavy atom. The van der Waals surface area contributed by atoms with Crippen LogP contribution in [0, 0.1) is 0 Å². The van der Waals surface area contributed by atoms with Crippen molar-refractivity contribution in [1.82, 2.24) is 0 Å². The second-order valence-electron chi connectivity index (χ2n) is 4.34. The largest absolute Gasteiger partial charge is 3.00 e. The molecule has 20 heavy (non-hydrogen) atoms. The van der Waals surface area contributed by atoms with Crippen LogP contribution in [0.1, 0.15) is 0 Å². The molecular formula is C18H15PRh+3. The molecule has 0 fully saturated rings. The average Bonchev–Trinajstić information content (AvgIpc) is 2.51. The summed E-state index contributed by atoms with van der Waals surface area (Å²) in [6, 6.07) is 32.3. The zero-order chi connectivity index (χ0) is 12.9. The molecule has 0 bridgehead atoms.